The molecule has 3 heterocycles. The van der Waals surface area contributed by atoms with E-state index in [9.17, 15) is 26.3 Å². The first-order chi connectivity index (χ1) is 37.2. The Morgan fingerprint density at radius 2 is 0.688 bits per heavy atom. The Balaban J connectivity index is 1.15. The van der Waals surface area contributed by atoms with Gasteiger partial charge in [0.1, 0.15) is 0 Å². The van der Waals surface area contributed by atoms with Gasteiger partial charge in [-0.1, -0.05) is 152 Å². The molecule has 12 rings (SSSR count). The molecular weight excluding hydrogens is 977 g/mol. The second kappa shape index (κ2) is 19.3. The molecule has 0 aliphatic heterocycles. The van der Waals surface area contributed by atoms with Crippen LogP contribution in [0.15, 0.2) is 224 Å². The van der Waals surface area contributed by atoms with Gasteiger partial charge in [-0.05, 0) is 120 Å². The maximum absolute atomic E-state index is 14.3. The summed E-state index contributed by atoms with van der Waals surface area (Å²) in [4.78, 5) is 20.9. The van der Waals surface area contributed by atoms with Gasteiger partial charge in [0.05, 0.1) is 50.6 Å². The van der Waals surface area contributed by atoms with E-state index >= 15 is 0 Å². The van der Waals surface area contributed by atoms with Crippen LogP contribution in [-0.4, -0.2) is 24.5 Å². The molecule has 0 atom stereocenters. The topological polar surface area (TPSA) is 56.5 Å². The van der Waals surface area contributed by atoms with Gasteiger partial charge in [-0.25, -0.2) is 19.9 Å². The van der Waals surface area contributed by atoms with Crippen molar-refractivity contribution in [3.8, 4) is 95.7 Å². The molecule has 0 unspecified atom stereocenters. The highest BCUT2D eigenvalue weighted by Crippen LogP contribution is 2.43. The zero-order valence-corrected chi connectivity index (χ0v) is 41.4. The van der Waals surface area contributed by atoms with Gasteiger partial charge in [0.2, 0.25) is 0 Å². The number of benzene rings is 9. The molecule has 0 amide bonds. The number of hydrogen-bond donors (Lipinski definition) is 0. The van der Waals surface area contributed by atoms with Crippen molar-refractivity contribution in [2.45, 2.75) is 26.2 Å². The molecule has 12 aromatic rings. The normalized spacial score (nSPS) is 11.9. The molecule has 11 heteroatoms. The zero-order chi connectivity index (χ0) is 53.0. The molecule has 77 heavy (non-hydrogen) atoms. The van der Waals surface area contributed by atoms with Crippen LogP contribution < -0.4 is 0 Å². The average molecular weight is 1020 g/mol. The predicted octanol–water partition coefficient (Wildman–Crippen LogP) is 18.4. The molecule has 0 saturated carbocycles. The molecule has 9 aromatic carbocycles. The lowest BCUT2D eigenvalue weighted by molar-refractivity contribution is -0.138. The van der Waals surface area contributed by atoms with Gasteiger partial charge in [0.25, 0.3) is 0 Å². The van der Waals surface area contributed by atoms with E-state index in [0.29, 0.717) is 95.2 Å². The van der Waals surface area contributed by atoms with Crippen molar-refractivity contribution in [2.24, 2.45) is 0 Å². The van der Waals surface area contributed by atoms with Crippen LogP contribution in [0.1, 0.15) is 22.3 Å². The SMILES string of the molecule is Cc1cc(-c2ccc3c(c2)c2cc(-c4cc(C)cc(C(F)(F)F)c4)ccc2n3-c2ccc(-c3cc(-c4ccccc4)nc(-c4ccccc4)n3)cc2-c2nc(-c3ccccc3)cc(-c3ccccc3)n2)cc(C(F)(F)F)c1. The Morgan fingerprint density at radius 1 is 0.312 bits per heavy atom. The van der Waals surface area contributed by atoms with E-state index in [2.05, 4.69) is 4.57 Å². The van der Waals surface area contributed by atoms with E-state index < -0.39 is 23.5 Å². The Hall–Kier alpha value is -9.48. The lowest BCUT2D eigenvalue weighted by atomic mass is 9.96. The fourth-order valence-electron chi connectivity index (χ4n) is 10.1. The van der Waals surface area contributed by atoms with Crippen molar-refractivity contribution < 1.29 is 26.3 Å². The molecule has 0 N–H and O–H groups in total. The molecule has 0 aliphatic carbocycles. The van der Waals surface area contributed by atoms with E-state index in [1.807, 2.05) is 176 Å². The number of rotatable bonds is 9. The summed E-state index contributed by atoms with van der Waals surface area (Å²) in [6.45, 7) is 3.25. The molecule has 374 valence electrons. The first kappa shape index (κ1) is 48.5. The van der Waals surface area contributed by atoms with Gasteiger partial charge in [-0.2, -0.15) is 26.3 Å². The van der Waals surface area contributed by atoms with Gasteiger partial charge in [-0.15, -0.1) is 0 Å². The van der Waals surface area contributed by atoms with Gasteiger partial charge in [0, 0.05) is 44.2 Å². The molecule has 0 radical (unpaired) electrons. The van der Waals surface area contributed by atoms with Crippen LogP contribution in [0.4, 0.5) is 26.3 Å². The van der Waals surface area contributed by atoms with Crippen LogP contribution in [0.2, 0.25) is 0 Å². The summed E-state index contributed by atoms with van der Waals surface area (Å²) in [5, 5.41) is 1.32. The molecule has 0 fully saturated rings. The van der Waals surface area contributed by atoms with Crippen LogP contribution in [0.25, 0.3) is 118 Å². The number of hydrogen-bond acceptors (Lipinski definition) is 4. The number of fused-ring (bicyclic) bond motifs is 3. The zero-order valence-electron chi connectivity index (χ0n) is 41.4. The minimum Gasteiger partial charge on any atom is -0.308 e. The van der Waals surface area contributed by atoms with Crippen molar-refractivity contribution in [3.05, 3.63) is 247 Å². The summed E-state index contributed by atoms with van der Waals surface area (Å²) in [5.41, 5.74) is 10.7. The summed E-state index contributed by atoms with van der Waals surface area (Å²) in [6, 6.07) is 68.3. The van der Waals surface area contributed by atoms with Crippen molar-refractivity contribution in [2.75, 3.05) is 0 Å². The molecule has 3 aromatic heterocycles. The summed E-state index contributed by atoms with van der Waals surface area (Å²) in [5.74, 6) is 0.923. The second-order valence-electron chi connectivity index (χ2n) is 19.1. The minimum absolute atomic E-state index is 0.365. The largest absolute Gasteiger partial charge is 0.416 e. The highest BCUT2D eigenvalue weighted by atomic mass is 19.4. The van der Waals surface area contributed by atoms with Crippen LogP contribution in [0, 0.1) is 13.8 Å². The third-order valence-corrected chi connectivity index (χ3v) is 13.7. The Morgan fingerprint density at radius 3 is 1.10 bits per heavy atom. The second-order valence-corrected chi connectivity index (χ2v) is 19.1. The Labute approximate surface area is 439 Å². The van der Waals surface area contributed by atoms with E-state index in [4.69, 9.17) is 19.9 Å². The Bertz CT molecular complexity index is 3960. The lowest BCUT2D eigenvalue weighted by Crippen LogP contribution is -2.05. The van der Waals surface area contributed by atoms with Crippen LogP contribution >= 0.6 is 0 Å². The molecule has 0 bridgehead atoms. The van der Waals surface area contributed by atoms with E-state index in [0.717, 1.165) is 57.8 Å². The molecular formula is C66H43F6N5. The third-order valence-electron chi connectivity index (χ3n) is 13.7. The average Bonchev–Trinajstić information content (AvgIpc) is 3.99. The van der Waals surface area contributed by atoms with E-state index in [-0.39, 0.29) is 0 Å². The van der Waals surface area contributed by atoms with Crippen LogP contribution in [0.3, 0.4) is 0 Å². The van der Waals surface area contributed by atoms with Gasteiger partial charge in [-0.3, -0.25) is 0 Å². The standard InChI is InChI=1S/C66H43F6N5/c1-40-29-49(33-51(31-40)65(67,68)69)46-23-26-60-53(35-46)54-36-47(50-30-41(2)32-52(34-50)66(70,71)72)24-27-61(54)77(60)62-28-25-48(59-39-56(42-15-7-3-8-16-42)73-63(74-59)45-21-13-6-14-22-45)37-55(62)64-75-57(43-17-9-4-10-18-43)38-58(76-64)44-19-11-5-12-20-44/h3-39H,1-2H3. The molecule has 0 spiro atoms. The van der Waals surface area contributed by atoms with Gasteiger partial charge in [0.15, 0.2) is 11.6 Å². The molecule has 0 saturated heterocycles. The van der Waals surface area contributed by atoms with Crippen molar-refractivity contribution in [1.29, 1.82) is 0 Å². The highest BCUT2D eigenvalue weighted by molar-refractivity contribution is 6.12. The Kier molecular flexibility index (Phi) is 12.2. The number of halogens is 6. The molecule has 0 aliphatic rings. The summed E-state index contributed by atoms with van der Waals surface area (Å²) in [6.07, 6.45) is -9.17. The monoisotopic (exact) mass is 1020 g/mol. The summed E-state index contributed by atoms with van der Waals surface area (Å²) in [7, 11) is 0. The fraction of sp³-hybridized carbons (Fsp3) is 0.0606. The quantitative estimate of drug-likeness (QED) is 0.135. The number of aryl methyl sites for hydroxylation is 2. The van der Waals surface area contributed by atoms with Crippen molar-refractivity contribution in [1.82, 2.24) is 24.5 Å². The van der Waals surface area contributed by atoms with Crippen LogP contribution in [0.5, 0.6) is 0 Å². The van der Waals surface area contributed by atoms with Gasteiger partial charge < -0.3 is 4.57 Å². The first-order valence-electron chi connectivity index (χ1n) is 24.8. The van der Waals surface area contributed by atoms with Crippen molar-refractivity contribution in [3.63, 3.8) is 0 Å². The fourth-order valence-corrected chi connectivity index (χ4v) is 10.1. The van der Waals surface area contributed by atoms with Crippen molar-refractivity contribution >= 4 is 21.8 Å². The van der Waals surface area contributed by atoms with E-state index in [1.54, 1.807) is 38.1 Å². The first-order valence-corrected chi connectivity index (χ1v) is 24.8. The number of aromatic nitrogens is 5. The molecule has 5 nitrogen and oxygen atoms in total. The maximum atomic E-state index is 14.3. The smallest absolute Gasteiger partial charge is 0.308 e. The number of alkyl halides is 6. The van der Waals surface area contributed by atoms with Crippen LogP contribution in [-0.2, 0) is 12.4 Å². The summed E-state index contributed by atoms with van der Waals surface area (Å²) < 4.78 is 87.9. The van der Waals surface area contributed by atoms with E-state index in [1.165, 1.54) is 0 Å². The summed E-state index contributed by atoms with van der Waals surface area (Å²) >= 11 is 0. The highest BCUT2D eigenvalue weighted by Gasteiger charge is 2.32. The predicted molar refractivity (Wildman–Crippen MR) is 295 cm³/mol. The number of nitrogens with zero attached hydrogens (tertiary/aromatic N) is 5. The third kappa shape index (κ3) is 9.64. The minimum atomic E-state index is -4.58. The van der Waals surface area contributed by atoms with Gasteiger partial charge >= 0.3 is 12.4 Å². The lowest BCUT2D eigenvalue weighted by Gasteiger charge is -2.17. The maximum Gasteiger partial charge on any atom is 0.416 e.